The van der Waals surface area contributed by atoms with Crippen molar-refractivity contribution >= 4 is 17.4 Å². The third-order valence-corrected chi connectivity index (χ3v) is 3.16. The molecule has 0 saturated carbocycles. The summed E-state index contributed by atoms with van der Waals surface area (Å²) in [6.45, 7) is 0. The van der Waals surface area contributed by atoms with Gasteiger partial charge in [0.2, 0.25) is 6.29 Å². The Bertz CT molecular complexity index is 485. The fourth-order valence-corrected chi connectivity index (χ4v) is 1.91. The molecule has 0 saturated heterocycles. The van der Waals surface area contributed by atoms with Gasteiger partial charge in [0, 0.05) is 19.2 Å². The number of carbonyl (C=O) groups excluding carboxylic acids is 1. The summed E-state index contributed by atoms with van der Waals surface area (Å²) in [6, 6.07) is 4.42. The first-order chi connectivity index (χ1) is 9.65. The molecule has 0 fully saturated rings. The van der Waals surface area contributed by atoms with Crippen LogP contribution in [0.25, 0.3) is 0 Å². The predicted molar refractivity (Wildman–Crippen MR) is 68.8 cm³/mol. The Balaban J connectivity index is 3.17. The molecule has 0 unspecified atom stereocenters. The minimum Gasteiger partial charge on any atom is -0.376 e. The topological polar surface area (TPSA) is 55.8 Å². The summed E-state index contributed by atoms with van der Waals surface area (Å²) in [6.07, 6.45) is -7.77. The molecule has 0 spiro atoms. The van der Waals surface area contributed by atoms with Crippen molar-refractivity contribution in [3.63, 3.8) is 0 Å². The van der Waals surface area contributed by atoms with Gasteiger partial charge in [0.05, 0.1) is 6.42 Å². The van der Waals surface area contributed by atoms with E-state index < -0.39 is 35.8 Å². The second-order valence-electron chi connectivity index (χ2n) is 4.31. The number of alkyl halides is 3. The SMILES string of the molecule is COC(OC)C(=O)C[C@@](O)(c1ccc(Cl)cc1)C(F)(F)F. The fraction of sp³-hybridized carbons (Fsp3) is 0.462. The summed E-state index contributed by atoms with van der Waals surface area (Å²) in [5.41, 5.74) is -3.83. The Morgan fingerprint density at radius 3 is 2.10 bits per heavy atom. The Kier molecular flexibility index (Phi) is 5.75. The highest BCUT2D eigenvalue weighted by atomic mass is 35.5. The van der Waals surface area contributed by atoms with Gasteiger partial charge in [-0.1, -0.05) is 23.7 Å². The molecule has 0 bridgehead atoms. The van der Waals surface area contributed by atoms with Crippen LogP contribution in [0.3, 0.4) is 0 Å². The lowest BCUT2D eigenvalue weighted by atomic mass is 9.87. The Morgan fingerprint density at radius 1 is 1.24 bits per heavy atom. The molecule has 0 radical (unpaired) electrons. The van der Waals surface area contributed by atoms with E-state index in [1.807, 2.05) is 0 Å². The van der Waals surface area contributed by atoms with Crippen LogP contribution < -0.4 is 0 Å². The molecule has 0 aliphatic heterocycles. The number of rotatable bonds is 6. The van der Waals surface area contributed by atoms with E-state index in [-0.39, 0.29) is 5.02 Å². The van der Waals surface area contributed by atoms with Gasteiger partial charge in [-0.2, -0.15) is 13.2 Å². The first-order valence-electron chi connectivity index (χ1n) is 5.79. The van der Waals surface area contributed by atoms with Crippen molar-refractivity contribution in [3.8, 4) is 0 Å². The molecular weight excluding hydrogens is 313 g/mol. The van der Waals surface area contributed by atoms with Gasteiger partial charge in [0.1, 0.15) is 0 Å². The van der Waals surface area contributed by atoms with Crippen LogP contribution in [0.4, 0.5) is 13.2 Å². The average Bonchev–Trinajstić information content (AvgIpc) is 2.39. The van der Waals surface area contributed by atoms with Crippen LogP contribution in [-0.4, -0.2) is 37.6 Å². The summed E-state index contributed by atoms with van der Waals surface area (Å²) in [5, 5.41) is 10.2. The molecule has 118 valence electrons. The molecule has 1 atom stereocenters. The molecule has 1 aromatic carbocycles. The summed E-state index contributed by atoms with van der Waals surface area (Å²) in [7, 11) is 2.22. The molecule has 1 aromatic rings. The van der Waals surface area contributed by atoms with Gasteiger partial charge in [-0.3, -0.25) is 4.79 Å². The molecule has 4 nitrogen and oxygen atoms in total. The lowest BCUT2D eigenvalue weighted by Gasteiger charge is -2.31. The van der Waals surface area contributed by atoms with Crippen molar-refractivity contribution in [3.05, 3.63) is 34.9 Å². The van der Waals surface area contributed by atoms with Crippen molar-refractivity contribution in [2.45, 2.75) is 24.5 Å². The third-order valence-electron chi connectivity index (χ3n) is 2.91. The normalized spacial score (nSPS) is 15.0. The Labute approximate surface area is 124 Å². The molecule has 0 heterocycles. The zero-order valence-corrected chi connectivity index (χ0v) is 12.0. The van der Waals surface area contributed by atoms with Gasteiger partial charge in [0.25, 0.3) is 0 Å². The predicted octanol–water partition coefficient (Wildman–Crippen LogP) is 2.67. The average molecular weight is 327 g/mol. The van der Waals surface area contributed by atoms with E-state index in [4.69, 9.17) is 11.6 Å². The van der Waals surface area contributed by atoms with Crippen LogP contribution in [0.15, 0.2) is 24.3 Å². The monoisotopic (exact) mass is 326 g/mol. The second-order valence-corrected chi connectivity index (χ2v) is 4.75. The van der Waals surface area contributed by atoms with E-state index >= 15 is 0 Å². The summed E-state index contributed by atoms with van der Waals surface area (Å²) < 4.78 is 48.8. The van der Waals surface area contributed by atoms with Crippen LogP contribution in [0, 0.1) is 0 Å². The van der Waals surface area contributed by atoms with E-state index in [9.17, 15) is 23.1 Å². The maximum Gasteiger partial charge on any atom is 0.421 e. The zero-order valence-electron chi connectivity index (χ0n) is 11.3. The van der Waals surface area contributed by atoms with E-state index in [0.29, 0.717) is 0 Å². The number of benzene rings is 1. The van der Waals surface area contributed by atoms with Crippen LogP contribution in [0.1, 0.15) is 12.0 Å². The van der Waals surface area contributed by atoms with Crippen molar-refractivity contribution in [1.29, 1.82) is 0 Å². The molecular formula is C13H14ClF3O4. The minimum atomic E-state index is -5.05. The van der Waals surface area contributed by atoms with Gasteiger partial charge in [0.15, 0.2) is 11.4 Å². The minimum absolute atomic E-state index is 0.210. The van der Waals surface area contributed by atoms with E-state index in [2.05, 4.69) is 9.47 Å². The number of ketones is 1. The quantitative estimate of drug-likeness (QED) is 0.817. The Morgan fingerprint density at radius 2 is 1.71 bits per heavy atom. The van der Waals surface area contributed by atoms with Crippen molar-refractivity contribution in [2.24, 2.45) is 0 Å². The number of ether oxygens (including phenoxy) is 2. The molecule has 0 aromatic heterocycles. The molecule has 0 aliphatic carbocycles. The number of methoxy groups -OCH3 is 2. The molecule has 21 heavy (non-hydrogen) atoms. The number of aliphatic hydroxyl groups is 1. The highest BCUT2D eigenvalue weighted by molar-refractivity contribution is 6.30. The van der Waals surface area contributed by atoms with Gasteiger partial charge in [-0.25, -0.2) is 0 Å². The van der Waals surface area contributed by atoms with Crippen LogP contribution in [-0.2, 0) is 19.9 Å². The van der Waals surface area contributed by atoms with Crippen LogP contribution >= 0.6 is 11.6 Å². The molecule has 1 rings (SSSR count). The van der Waals surface area contributed by atoms with Crippen molar-refractivity contribution in [1.82, 2.24) is 0 Å². The van der Waals surface area contributed by atoms with E-state index in [1.54, 1.807) is 0 Å². The first kappa shape index (κ1) is 17.9. The highest BCUT2D eigenvalue weighted by Gasteiger charge is 2.56. The van der Waals surface area contributed by atoms with Crippen molar-refractivity contribution in [2.75, 3.05) is 14.2 Å². The second kappa shape index (κ2) is 6.74. The zero-order chi connectivity index (χ0) is 16.3. The van der Waals surface area contributed by atoms with Crippen LogP contribution in [0.5, 0.6) is 0 Å². The lowest BCUT2D eigenvalue weighted by Crippen LogP contribution is -2.46. The Hall–Kier alpha value is -1.15. The first-order valence-corrected chi connectivity index (χ1v) is 6.17. The number of halogens is 4. The van der Waals surface area contributed by atoms with Gasteiger partial charge >= 0.3 is 6.18 Å². The third kappa shape index (κ3) is 3.94. The number of hydrogen-bond donors (Lipinski definition) is 1. The summed E-state index contributed by atoms with van der Waals surface area (Å²) in [5.74, 6) is -1.03. The summed E-state index contributed by atoms with van der Waals surface area (Å²) >= 11 is 5.61. The largest absolute Gasteiger partial charge is 0.421 e. The fourth-order valence-electron chi connectivity index (χ4n) is 1.79. The summed E-state index contributed by atoms with van der Waals surface area (Å²) in [4.78, 5) is 11.8. The maximum absolute atomic E-state index is 13.2. The molecule has 0 aliphatic rings. The van der Waals surface area contributed by atoms with Crippen LogP contribution in [0.2, 0.25) is 5.02 Å². The van der Waals surface area contributed by atoms with Gasteiger partial charge in [-0.15, -0.1) is 0 Å². The maximum atomic E-state index is 13.2. The number of Topliss-reactive ketones (excluding diaryl/α,β-unsaturated/α-hetero) is 1. The van der Waals surface area contributed by atoms with Crippen molar-refractivity contribution < 1.29 is 32.5 Å². The smallest absolute Gasteiger partial charge is 0.376 e. The molecule has 8 heteroatoms. The highest BCUT2D eigenvalue weighted by Crippen LogP contribution is 2.42. The van der Waals surface area contributed by atoms with E-state index in [0.717, 1.165) is 26.4 Å². The van der Waals surface area contributed by atoms with Gasteiger partial charge in [-0.05, 0) is 17.7 Å². The van der Waals surface area contributed by atoms with Gasteiger partial charge < -0.3 is 14.6 Å². The lowest BCUT2D eigenvalue weighted by molar-refractivity contribution is -0.269. The van der Waals surface area contributed by atoms with E-state index in [1.165, 1.54) is 12.1 Å². The standard InChI is InChI=1S/C13H14ClF3O4/c1-20-11(21-2)10(18)7-12(19,13(15,16)17)8-3-5-9(14)6-4-8/h3-6,11,19H,7H2,1-2H3/t12-/m1/s1. The molecule has 0 amide bonds. The number of carbonyl (C=O) groups is 1. The number of hydrogen-bond acceptors (Lipinski definition) is 4. The molecule has 1 N–H and O–H groups in total.